The second-order valence-electron chi connectivity index (χ2n) is 4.51. The van der Waals surface area contributed by atoms with Crippen LogP contribution in [0.25, 0.3) is 0 Å². The number of carbonyl (C=O) groups is 1. The smallest absolute Gasteiger partial charge is 0.335 e. The molecular weight excluding hydrogens is 278 g/mol. The number of hydrogen-bond donors (Lipinski definition) is 1. The summed E-state index contributed by atoms with van der Waals surface area (Å²) < 4.78 is 25.6. The van der Waals surface area contributed by atoms with Gasteiger partial charge in [-0.2, -0.15) is 0 Å². The van der Waals surface area contributed by atoms with E-state index in [4.69, 9.17) is 5.11 Å². The maximum absolute atomic E-state index is 12.1. The summed E-state index contributed by atoms with van der Waals surface area (Å²) in [6.07, 6.45) is 3.22. The zero-order valence-corrected chi connectivity index (χ0v) is 12.3. The van der Waals surface area contributed by atoms with E-state index in [1.807, 2.05) is 0 Å². The lowest BCUT2D eigenvalue weighted by Gasteiger charge is -2.16. The lowest BCUT2D eigenvalue weighted by Crippen LogP contribution is -2.29. The van der Waals surface area contributed by atoms with Crippen LogP contribution in [0.4, 0.5) is 0 Å². The Morgan fingerprint density at radius 1 is 1.45 bits per heavy atom. The van der Waals surface area contributed by atoms with Crippen molar-refractivity contribution in [1.82, 2.24) is 4.31 Å². The Labute approximate surface area is 119 Å². The van der Waals surface area contributed by atoms with Crippen molar-refractivity contribution in [3.8, 4) is 0 Å². The fourth-order valence-corrected chi connectivity index (χ4v) is 2.94. The van der Waals surface area contributed by atoms with Crippen LogP contribution in [0, 0.1) is 0 Å². The van der Waals surface area contributed by atoms with Crippen LogP contribution in [0.1, 0.15) is 28.8 Å². The van der Waals surface area contributed by atoms with E-state index in [2.05, 4.69) is 6.58 Å². The number of aromatic carboxylic acids is 1. The van der Waals surface area contributed by atoms with E-state index in [1.165, 1.54) is 23.5 Å². The van der Waals surface area contributed by atoms with Gasteiger partial charge in [-0.15, -0.1) is 6.58 Å². The molecule has 1 aromatic rings. The molecule has 1 N–H and O–H groups in total. The maximum Gasteiger partial charge on any atom is 0.335 e. The van der Waals surface area contributed by atoms with Crippen LogP contribution in [-0.2, 0) is 15.8 Å². The van der Waals surface area contributed by atoms with Crippen molar-refractivity contribution in [1.29, 1.82) is 0 Å². The minimum Gasteiger partial charge on any atom is -0.478 e. The first-order chi connectivity index (χ1) is 9.36. The van der Waals surface area contributed by atoms with Gasteiger partial charge in [0.25, 0.3) is 0 Å². The van der Waals surface area contributed by atoms with Crippen LogP contribution in [0.2, 0.25) is 0 Å². The molecule has 110 valence electrons. The van der Waals surface area contributed by atoms with E-state index in [-0.39, 0.29) is 11.3 Å². The van der Waals surface area contributed by atoms with Gasteiger partial charge in [-0.25, -0.2) is 17.5 Å². The molecule has 0 aliphatic carbocycles. The maximum atomic E-state index is 12.1. The van der Waals surface area contributed by atoms with Gasteiger partial charge in [0.05, 0.1) is 11.3 Å². The molecule has 6 heteroatoms. The summed E-state index contributed by atoms with van der Waals surface area (Å²) in [4.78, 5) is 10.9. The van der Waals surface area contributed by atoms with E-state index in [0.29, 0.717) is 18.5 Å². The van der Waals surface area contributed by atoms with E-state index >= 15 is 0 Å². The fraction of sp³-hybridized carbons (Fsp3) is 0.357. The number of rotatable bonds is 8. The molecule has 0 unspecified atom stereocenters. The first kappa shape index (κ1) is 16.4. The van der Waals surface area contributed by atoms with Crippen molar-refractivity contribution >= 4 is 16.0 Å². The molecular formula is C14H19NO4S. The molecule has 0 aromatic heterocycles. The Hall–Kier alpha value is -1.66. The van der Waals surface area contributed by atoms with Gasteiger partial charge in [-0.05, 0) is 30.5 Å². The van der Waals surface area contributed by atoms with Crippen molar-refractivity contribution in [2.75, 3.05) is 13.6 Å². The molecule has 0 aliphatic rings. The highest BCUT2D eigenvalue weighted by atomic mass is 32.2. The Bertz CT molecular complexity index is 581. The number of benzene rings is 1. The molecule has 1 aromatic carbocycles. The fourth-order valence-electron chi connectivity index (χ4n) is 1.71. The number of nitrogens with zero attached hydrogens (tertiary/aromatic N) is 1. The average Bonchev–Trinajstić information content (AvgIpc) is 2.38. The van der Waals surface area contributed by atoms with Gasteiger partial charge in [0.1, 0.15) is 0 Å². The predicted octanol–water partition coefficient (Wildman–Crippen LogP) is 2.11. The molecule has 5 nitrogen and oxygen atoms in total. The van der Waals surface area contributed by atoms with Crippen molar-refractivity contribution in [2.24, 2.45) is 0 Å². The molecule has 0 saturated carbocycles. The number of hydrogen-bond acceptors (Lipinski definition) is 3. The zero-order valence-electron chi connectivity index (χ0n) is 11.4. The lowest BCUT2D eigenvalue weighted by atomic mass is 10.1. The van der Waals surface area contributed by atoms with Gasteiger partial charge in [0.15, 0.2) is 0 Å². The van der Waals surface area contributed by atoms with Crippen LogP contribution in [0.3, 0.4) is 0 Å². The Morgan fingerprint density at radius 2 is 2.15 bits per heavy atom. The highest BCUT2D eigenvalue weighted by Gasteiger charge is 2.18. The van der Waals surface area contributed by atoms with E-state index in [1.54, 1.807) is 18.2 Å². The van der Waals surface area contributed by atoms with Crippen molar-refractivity contribution in [3.05, 3.63) is 48.0 Å². The van der Waals surface area contributed by atoms with E-state index in [0.717, 1.165) is 6.42 Å². The van der Waals surface area contributed by atoms with E-state index < -0.39 is 16.0 Å². The highest BCUT2D eigenvalue weighted by Crippen LogP contribution is 2.12. The molecule has 0 spiro atoms. The van der Waals surface area contributed by atoms with Gasteiger partial charge >= 0.3 is 5.97 Å². The van der Waals surface area contributed by atoms with Gasteiger partial charge in [-0.3, -0.25) is 0 Å². The second-order valence-corrected chi connectivity index (χ2v) is 6.59. The van der Waals surface area contributed by atoms with Crippen LogP contribution in [0.15, 0.2) is 36.9 Å². The van der Waals surface area contributed by atoms with Crippen molar-refractivity contribution in [2.45, 2.75) is 18.6 Å². The van der Waals surface area contributed by atoms with Crippen LogP contribution in [-0.4, -0.2) is 37.4 Å². The molecule has 0 atom stereocenters. The summed E-state index contributed by atoms with van der Waals surface area (Å²) >= 11 is 0. The Balaban J connectivity index is 2.77. The predicted molar refractivity (Wildman–Crippen MR) is 78.1 cm³/mol. The van der Waals surface area contributed by atoms with Gasteiger partial charge in [0, 0.05) is 13.6 Å². The number of sulfonamides is 1. The normalized spacial score (nSPS) is 11.5. The summed E-state index contributed by atoms with van der Waals surface area (Å²) in [6.45, 7) is 4.01. The summed E-state index contributed by atoms with van der Waals surface area (Å²) in [5, 5.41) is 8.89. The molecule has 0 saturated heterocycles. The molecule has 20 heavy (non-hydrogen) atoms. The highest BCUT2D eigenvalue weighted by molar-refractivity contribution is 7.88. The third-order valence-corrected chi connectivity index (χ3v) is 4.71. The first-order valence-electron chi connectivity index (χ1n) is 6.24. The molecule has 0 radical (unpaired) electrons. The number of carboxylic acid groups (broad SMARTS) is 1. The average molecular weight is 297 g/mol. The molecule has 1 rings (SSSR count). The lowest BCUT2D eigenvalue weighted by molar-refractivity contribution is 0.0696. The SMILES string of the molecule is C=CCCCN(C)S(=O)(=O)Cc1cccc(C(=O)O)c1. The monoisotopic (exact) mass is 297 g/mol. The summed E-state index contributed by atoms with van der Waals surface area (Å²) in [6, 6.07) is 5.98. The summed E-state index contributed by atoms with van der Waals surface area (Å²) in [5.41, 5.74) is 0.562. The Kier molecular flexibility index (Phi) is 5.91. The first-order valence-corrected chi connectivity index (χ1v) is 7.85. The van der Waals surface area contributed by atoms with Gasteiger partial charge in [0.2, 0.25) is 10.0 Å². The van der Waals surface area contributed by atoms with Gasteiger partial charge < -0.3 is 5.11 Å². The molecule has 0 amide bonds. The third-order valence-electron chi connectivity index (χ3n) is 2.88. The van der Waals surface area contributed by atoms with Crippen LogP contribution in [0.5, 0.6) is 0 Å². The van der Waals surface area contributed by atoms with Crippen LogP contribution >= 0.6 is 0 Å². The standard InChI is InChI=1S/C14H19NO4S/c1-3-4-5-9-15(2)20(18,19)11-12-7-6-8-13(10-12)14(16)17/h3,6-8,10H,1,4-5,9,11H2,2H3,(H,16,17). The molecule has 0 heterocycles. The zero-order chi connectivity index (χ0) is 15.2. The minimum absolute atomic E-state index is 0.0898. The molecule has 0 aliphatic heterocycles. The van der Waals surface area contributed by atoms with Crippen molar-refractivity contribution in [3.63, 3.8) is 0 Å². The third kappa shape index (κ3) is 4.79. The largest absolute Gasteiger partial charge is 0.478 e. The minimum atomic E-state index is -3.43. The van der Waals surface area contributed by atoms with E-state index in [9.17, 15) is 13.2 Å². The number of unbranched alkanes of at least 4 members (excludes halogenated alkanes) is 1. The Morgan fingerprint density at radius 3 is 2.75 bits per heavy atom. The molecule has 0 fully saturated rings. The quantitative estimate of drug-likeness (QED) is 0.589. The number of carboxylic acids is 1. The second kappa shape index (κ2) is 7.21. The summed E-state index contributed by atoms with van der Waals surface area (Å²) in [5.74, 6) is -1.26. The van der Waals surface area contributed by atoms with Crippen LogP contribution < -0.4 is 0 Å². The summed E-state index contributed by atoms with van der Waals surface area (Å²) in [7, 11) is -1.90. The van der Waals surface area contributed by atoms with Crippen molar-refractivity contribution < 1.29 is 18.3 Å². The van der Waals surface area contributed by atoms with Gasteiger partial charge in [-0.1, -0.05) is 18.2 Å². The number of allylic oxidation sites excluding steroid dienone is 1. The molecule has 0 bridgehead atoms. The topological polar surface area (TPSA) is 74.7 Å².